The van der Waals surface area contributed by atoms with Crippen molar-refractivity contribution in [2.24, 2.45) is 11.1 Å². The molecule has 5 nitrogen and oxygen atoms in total. The predicted octanol–water partition coefficient (Wildman–Crippen LogP) is 3.42. The molecule has 0 saturated heterocycles. The maximum Gasteiger partial charge on any atom is 0.306 e. The summed E-state index contributed by atoms with van der Waals surface area (Å²) in [7, 11) is 0. The van der Waals surface area contributed by atoms with Gasteiger partial charge in [0.2, 0.25) is 0 Å². The van der Waals surface area contributed by atoms with E-state index in [1.165, 1.54) is 0 Å². The number of hydrogen-bond donors (Lipinski definition) is 2. The van der Waals surface area contributed by atoms with Gasteiger partial charge in [0, 0.05) is 6.42 Å². The van der Waals surface area contributed by atoms with Gasteiger partial charge in [0.15, 0.2) is 0 Å². The molecule has 120 valence electrons. The number of phenolic OH excluding ortho intramolecular Hbond substituents is 1. The molecule has 0 radical (unpaired) electrons. The first kappa shape index (κ1) is 16.5. The second kappa shape index (κ2) is 7.98. The number of nitrogens with zero attached hydrogens (tertiary/aromatic N) is 1. The molecule has 0 aliphatic rings. The van der Waals surface area contributed by atoms with Crippen LogP contribution >= 0.6 is 0 Å². The Labute approximate surface area is 134 Å². The third kappa shape index (κ3) is 5.14. The molecule has 0 fully saturated rings. The van der Waals surface area contributed by atoms with Crippen molar-refractivity contribution in [3.05, 3.63) is 65.7 Å². The summed E-state index contributed by atoms with van der Waals surface area (Å²) in [6.07, 6.45) is 0.287. The summed E-state index contributed by atoms with van der Waals surface area (Å²) in [6.45, 7) is 1.89. The minimum absolute atomic E-state index is 0.192. The molecule has 2 rings (SSSR count). The fourth-order valence-electron chi connectivity index (χ4n) is 1.99. The SMILES string of the molecule is CC(CC(=NOCc1ccc(O)cc1)c1ccccc1)C(=O)O. The van der Waals surface area contributed by atoms with Gasteiger partial charge in [0.05, 0.1) is 11.6 Å². The number of phenols is 1. The second-order valence-corrected chi connectivity index (χ2v) is 5.29. The molecule has 2 aromatic rings. The number of oxime groups is 1. The van der Waals surface area contributed by atoms with Crippen LogP contribution in [0.5, 0.6) is 5.75 Å². The Bertz CT molecular complexity index is 665. The fraction of sp³-hybridized carbons (Fsp3) is 0.222. The van der Waals surface area contributed by atoms with Crippen LogP contribution in [0, 0.1) is 5.92 Å². The topological polar surface area (TPSA) is 79.1 Å². The summed E-state index contributed by atoms with van der Waals surface area (Å²) in [6, 6.07) is 16.0. The van der Waals surface area contributed by atoms with Gasteiger partial charge >= 0.3 is 5.97 Å². The van der Waals surface area contributed by atoms with Crippen molar-refractivity contribution in [3.8, 4) is 5.75 Å². The first-order chi connectivity index (χ1) is 11.1. The molecule has 2 aromatic carbocycles. The summed E-state index contributed by atoms with van der Waals surface area (Å²) < 4.78 is 0. The number of carboxylic acids is 1. The smallest absolute Gasteiger partial charge is 0.306 e. The molecular weight excluding hydrogens is 294 g/mol. The van der Waals surface area contributed by atoms with E-state index in [1.54, 1.807) is 31.2 Å². The van der Waals surface area contributed by atoms with Crippen LogP contribution in [0.3, 0.4) is 0 Å². The molecule has 0 aliphatic carbocycles. The summed E-state index contributed by atoms with van der Waals surface area (Å²) in [5.41, 5.74) is 2.30. The zero-order valence-corrected chi connectivity index (χ0v) is 12.8. The molecule has 0 bridgehead atoms. The number of aromatic hydroxyl groups is 1. The zero-order chi connectivity index (χ0) is 16.7. The van der Waals surface area contributed by atoms with Gasteiger partial charge in [-0.3, -0.25) is 4.79 Å². The molecule has 0 amide bonds. The molecule has 0 aliphatic heterocycles. The molecule has 0 saturated carbocycles. The molecule has 5 heteroatoms. The highest BCUT2D eigenvalue weighted by atomic mass is 16.6. The first-order valence-electron chi connectivity index (χ1n) is 7.31. The van der Waals surface area contributed by atoms with Crippen LogP contribution < -0.4 is 0 Å². The van der Waals surface area contributed by atoms with Crippen LogP contribution in [0.1, 0.15) is 24.5 Å². The van der Waals surface area contributed by atoms with E-state index in [0.717, 1.165) is 11.1 Å². The average Bonchev–Trinajstić information content (AvgIpc) is 2.56. The van der Waals surface area contributed by atoms with Gasteiger partial charge < -0.3 is 15.1 Å². The standard InChI is InChI=1S/C18H19NO4/c1-13(18(21)22)11-17(15-5-3-2-4-6-15)19-23-12-14-7-9-16(20)10-8-14/h2-10,13,20H,11-12H2,1H3,(H,21,22). The van der Waals surface area contributed by atoms with E-state index in [4.69, 9.17) is 9.94 Å². The number of rotatable bonds is 7. The minimum Gasteiger partial charge on any atom is -0.508 e. The summed E-state index contributed by atoms with van der Waals surface area (Å²) in [5.74, 6) is -1.23. The Kier molecular flexibility index (Phi) is 5.74. The minimum atomic E-state index is -0.868. The summed E-state index contributed by atoms with van der Waals surface area (Å²) in [5, 5.41) is 22.5. The highest BCUT2D eigenvalue weighted by molar-refractivity contribution is 6.01. The van der Waals surface area contributed by atoms with Crippen molar-refractivity contribution in [2.75, 3.05) is 0 Å². The lowest BCUT2D eigenvalue weighted by Gasteiger charge is -2.10. The molecule has 2 N–H and O–H groups in total. The summed E-state index contributed by atoms with van der Waals surface area (Å²) >= 11 is 0. The number of carboxylic acid groups (broad SMARTS) is 1. The van der Waals surface area contributed by atoms with Gasteiger partial charge in [-0.15, -0.1) is 0 Å². The van der Waals surface area contributed by atoms with Gasteiger partial charge in [-0.25, -0.2) is 0 Å². The van der Waals surface area contributed by atoms with E-state index in [1.807, 2.05) is 30.3 Å². The van der Waals surface area contributed by atoms with E-state index >= 15 is 0 Å². The average molecular weight is 313 g/mol. The number of carbonyl (C=O) groups is 1. The molecule has 0 aromatic heterocycles. The van der Waals surface area contributed by atoms with Gasteiger partial charge in [-0.2, -0.15) is 0 Å². The van der Waals surface area contributed by atoms with Gasteiger partial charge in [0.25, 0.3) is 0 Å². The van der Waals surface area contributed by atoms with Gasteiger partial charge in [0.1, 0.15) is 12.4 Å². The molecule has 0 heterocycles. The van der Waals surface area contributed by atoms with Gasteiger partial charge in [-0.1, -0.05) is 54.5 Å². The molecule has 0 spiro atoms. The normalized spacial score (nSPS) is 12.7. The van der Waals surface area contributed by atoms with Crippen LogP contribution in [0.4, 0.5) is 0 Å². The Balaban J connectivity index is 2.09. The van der Waals surface area contributed by atoms with Crippen molar-refractivity contribution in [1.29, 1.82) is 0 Å². The largest absolute Gasteiger partial charge is 0.508 e. The van der Waals surface area contributed by atoms with Crippen molar-refractivity contribution in [1.82, 2.24) is 0 Å². The molecular formula is C18H19NO4. The van der Waals surface area contributed by atoms with Crippen LogP contribution in [0.25, 0.3) is 0 Å². The highest BCUT2D eigenvalue weighted by Crippen LogP contribution is 2.14. The summed E-state index contributed by atoms with van der Waals surface area (Å²) in [4.78, 5) is 16.4. The van der Waals surface area contributed by atoms with E-state index in [9.17, 15) is 9.90 Å². The second-order valence-electron chi connectivity index (χ2n) is 5.29. The Morgan fingerprint density at radius 1 is 1.13 bits per heavy atom. The van der Waals surface area contributed by atoms with E-state index in [-0.39, 0.29) is 18.8 Å². The van der Waals surface area contributed by atoms with Crippen LogP contribution in [0.2, 0.25) is 0 Å². The number of hydrogen-bond acceptors (Lipinski definition) is 4. The first-order valence-corrected chi connectivity index (χ1v) is 7.31. The van der Waals surface area contributed by atoms with Crippen LogP contribution in [0.15, 0.2) is 59.8 Å². The lowest BCUT2D eigenvalue weighted by atomic mass is 9.99. The Morgan fingerprint density at radius 2 is 1.78 bits per heavy atom. The van der Waals surface area contributed by atoms with Crippen molar-refractivity contribution in [3.63, 3.8) is 0 Å². The van der Waals surface area contributed by atoms with Crippen LogP contribution in [-0.4, -0.2) is 21.9 Å². The van der Waals surface area contributed by atoms with E-state index < -0.39 is 11.9 Å². The maximum atomic E-state index is 11.1. The third-order valence-corrected chi connectivity index (χ3v) is 3.37. The Morgan fingerprint density at radius 3 is 2.39 bits per heavy atom. The molecule has 23 heavy (non-hydrogen) atoms. The van der Waals surface area contributed by atoms with Crippen molar-refractivity contribution >= 4 is 11.7 Å². The monoisotopic (exact) mass is 313 g/mol. The fourth-order valence-corrected chi connectivity index (χ4v) is 1.99. The maximum absolute atomic E-state index is 11.1. The van der Waals surface area contributed by atoms with E-state index in [2.05, 4.69) is 5.16 Å². The van der Waals surface area contributed by atoms with Gasteiger partial charge in [-0.05, 0) is 23.3 Å². The quantitative estimate of drug-likeness (QED) is 0.606. The van der Waals surface area contributed by atoms with Crippen molar-refractivity contribution < 1.29 is 19.8 Å². The highest BCUT2D eigenvalue weighted by Gasteiger charge is 2.16. The lowest BCUT2D eigenvalue weighted by molar-refractivity contribution is -0.140. The lowest BCUT2D eigenvalue weighted by Crippen LogP contribution is -2.15. The third-order valence-electron chi connectivity index (χ3n) is 3.37. The van der Waals surface area contributed by atoms with E-state index in [0.29, 0.717) is 5.71 Å². The number of benzene rings is 2. The zero-order valence-electron chi connectivity index (χ0n) is 12.8. The molecule has 1 unspecified atom stereocenters. The predicted molar refractivity (Wildman–Crippen MR) is 87.3 cm³/mol. The number of aliphatic carboxylic acids is 1. The molecule has 1 atom stereocenters. The Hall–Kier alpha value is -2.82. The van der Waals surface area contributed by atoms with Crippen molar-refractivity contribution in [2.45, 2.75) is 20.0 Å². The van der Waals surface area contributed by atoms with Crippen LogP contribution in [-0.2, 0) is 16.2 Å².